The van der Waals surface area contributed by atoms with E-state index < -0.39 is 13.8 Å². The van der Waals surface area contributed by atoms with Gasteiger partial charge in [0.2, 0.25) is 0 Å². The summed E-state index contributed by atoms with van der Waals surface area (Å²) in [5.74, 6) is 0. The van der Waals surface area contributed by atoms with Gasteiger partial charge in [-0.15, -0.1) is 0 Å². The van der Waals surface area contributed by atoms with E-state index in [-0.39, 0.29) is 6.16 Å². The molecule has 0 aromatic carbocycles. The van der Waals surface area contributed by atoms with Gasteiger partial charge in [0.05, 0.1) is 6.16 Å². The second-order valence-electron chi connectivity index (χ2n) is 5.97. The van der Waals surface area contributed by atoms with Gasteiger partial charge in [0.15, 0.2) is 0 Å². The van der Waals surface area contributed by atoms with Gasteiger partial charge < -0.3 is 14.5 Å². The van der Waals surface area contributed by atoms with Gasteiger partial charge in [0.1, 0.15) is 0 Å². The van der Waals surface area contributed by atoms with E-state index >= 15 is 0 Å². The Bertz CT molecular complexity index is 513. The molecule has 0 rings (SSSR count). The van der Waals surface area contributed by atoms with E-state index in [0.717, 1.165) is 31.3 Å². The van der Waals surface area contributed by atoms with E-state index in [0.29, 0.717) is 6.42 Å². The molecule has 0 fully saturated rings. The van der Waals surface area contributed by atoms with Gasteiger partial charge >= 0.3 is 13.8 Å². The molecule has 5 nitrogen and oxygen atoms in total. The van der Waals surface area contributed by atoms with Crippen LogP contribution in [0.2, 0.25) is 0 Å². The minimum Gasteiger partial charge on any atom is -0.449 e. The number of hydrogen-bond acceptors (Lipinski definition) is 3. The molecule has 0 aromatic rings. The Morgan fingerprint density at radius 1 is 0.957 bits per heavy atom. The van der Waals surface area contributed by atoms with Crippen molar-refractivity contribution in [2.45, 2.75) is 59.8 Å². The highest BCUT2D eigenvalue weighted by atomic mass is 31.2. The molecule has 0 saturated carbocycles. The van der Waals surface area contributed by atoms with E-state index in [4.69, 9.17) is 5.11 Å². The molecule has 0 bridgehead atoms. The van der Waals surface area contributed by atoms with E-state index in [2.05, 4.69) is 37.4 Å². The largest absolute Gasteiger partial charge is 0.512 e. The summed E-state index contributed by atoms with van der Waals surface area (Å²) < 4.78 is 15.3. The Labute approximate surface area is 139 Å². The van der Waals surface area contributed by atoms with Crippen molar-refractivity contribution in [3.05, 3.63) is 34.9 Å². The van der Waals surface area contributed by atoms with Crippen LogP contribution < -0.4 is 0 Å². The predicted octanol–water partition coefficient (Wildman–Crippen LogP) is 5.68. The Morgan fingerprint density at radius 3 is 1.91 bits per heavy atom. The first-order chi connectivity index (χ1) is 10.6. The number of allylic oxidation sites excluding steroid dienone is 6. The highest BCUT2D eigenvalue weighted by Gasteiger charge is 2.22. The molecule has 0 aromatic heterocycles. The minimum atomic E-state index is -4.03. The minimum absolute atomic E-state index is 0.186. The lowest BCUT2D eigenvalue weighted by molar-refractivity contribution is 0.138. The van der Waals surface area contributed by atoms with Crippen LogP contribution in [-0.2, 0) is 9.09 Å². The summed E-state index contributed by atoms with van der Waals surface area (Å²) in [5.41, 5.74) is 3.82. The molecule has 0 aliphatic heterocycles. The fourth-order valence-electron chi connectivity index (χ4n) is 1.98. The van der Waals surface area contributed by atoms with Crippen molar-refractivity contribution in [3.63, 3.8) is 0 Å². The van der Waals surface area contributed by atoms with Crippen molar-refractivity contribution in [2.24, 2.45) is 0 Å². The van der Waals surface area contributed by atoms with Crippen molar-refractivity contribution in [2.75, 3.05) is 6.16 Å². The lowest BCUT2D eigenvalue weighted by atomic mass is 10.1. The Morgan fingerprint density at radius 2 is 1.43 bits per heavy atom. The number of rotatable bonds is 10. The maximum absolute atomic E-state index is 11.4. The normalized spacial score (nSPS) is 15.0. The first-order valence-electron chi connectivity index (χ1n) is 7.81. The maximum Gasteiger partial charge on any atom is 0.512 e. The highest BCUT2D eigenvalue weighted by Crippen LogP contribution is 2.42. The first-order valence-corrected chi connectivity index (χ1v) is 9.57. The number of carboxylic acid groups (broad SMARTS) is 1. The molecule has 0 aliphatic rings. The zero-order valence-electron chi connectivity index (χ0n) is 14.5. The van der Waals surface area contributed by atoms with Crippen LogP contribution in [0.1, 0.15) is 59.8 Å². The van der Waals surface area contributed by atoms with Crippen LogP contribution in [0.15, 0.2) is 34.9 Å². The average molecular weight is 344 g/mol. The molecular weight excluding hydrogens is 315 g/mol. The van der Waals surface area contributed by atoms with E-state index in [9.17, 15) is 14.3 Å². The van der Waals surface area contributed by atoms with Crippen molar-refractivity contribution in [1.82, 2.24) is 0 Å². The lowest BCUT2D eigenvalue weighted by Crippen LogP contribution is -2.00. The fraction of sp³-hybridized carbons (Fsp3) is 0.588. The Balaban J connectivity index is 4.09. The molecule has 0 heterocycles. The Kier molecular flexibility index (Phi) is 10.6. The van der Waals surface area contributed by atoms with Crippen molar-refractivity contribution < 1.29 is 23.9 Å². The zero-order chi connectivity index (χ0) is 17.9. The summed E-state index contributed by atoms with van der Waals surface area (Å²) in [6, 6.07) is 0. The van der Waals surface area contributed by atoms with Crippen LogP contribution in [0, 0.1) is 0 Å². The lowest BCUT2D eigenvalue weighted by Gasteiger charge is -2.08. The third-order valence-corrected chi connectivity index (χ3v) is 4.51. The molecule has 1 unspecified atom stereocenters. The monoisotopic (exact) mass is 344 g/mol. The van der Waals surface area contributed by atoms with E-state index in [1.807, 2.05) is 13.0 Å². The van der Waals surface area contributed by atoms with Crippen LogP contribution in [0.4, 0.5) is 4.79 Å². The summed E-state index contributed by atoms with van der Waals surface area (Å²) in [4.78, 5) is 19.5. The summed E-state index contributed by atoms with van der Waals surface area (Å²) in [6.07, 6.45) is 8.69. The van der Waals surface area contributed by atoms with Crippen LogP contribution in [0.25, 0.3) is 0 Å². The number of hydrogen-bond donors (Lipinski definition) is 2. The molecule has 0 saturated heterocycles. The second kappa shape index (κ2) is 11.3. The molecule has 0 radical (unpaired) electrons. The SMILES string of the molecule is CC(C)=CCC/C(C)=C/CC/C(C)=C/CCP(=O)(O)OC(=O)O. The van der Waals surface area contributed by atoms with Crippen LogP contribution >= 0.6 is 7.60 Å². The van der Waals surface area contributed by atoms with Gasteiger partial charge in [-0.2, -0.15) is 0 Å². The highest BCUT2D eigenvalue weighted by molar-refractivity contribution is 7.53. The van der Waals surface area contributed by atoms with Crippen LogP contribution in [0.3, 0.4) is 0 Å². The molecule has 1 atom stereocenters. The summed E-state index contributed by atoms with van der Waals surface area (Å²) in [7, 11) is -4.03. The molecule has 0 amide bonds. The molecule has 0 spiro atoms. The smallest absolute Gasteiger partial charge is 0.449 e. The van der Waals surface area contributed by atoms with Gasteiger partial charge in [-0.3, -0.25) is 0 Å². The van der Waals surface area contributed by atoms with E-state index in [1.54, 1.807) is 0 Å². The third-order valence-electron chi connectivity index (χ3n) is 3.25. The standard InChI is InChI=1S/C17H29O5P/c1-14(2)8-5-9-15(3)10-6-11-16(4)12-7-13-23(20,21)22-17(18)19/h8,10,12H,5-7,9,11,13H2,1-4H3,(H,18,19)(H,20,21)/b15-10+,16-12+. The van der Waals surface area contributed by atoms with Crippen LogP contribution in [0.5, 0.6) is 0 Å². The zero-order valence-corrected chi connectivity index (χ0v) is 15.4. The molecular formula is C17H29O5P. The number of carbonyl (C=O) groups is 1. The first kappa shape index (κ1) is 21.7. The van der Waals surface area contributed by atoms with Gasteiger partial charge in [-0.1, -0.05) is 34.9 Å². The van der Waals surface area contributed by atoms with E-state index in [1.165, 1.54) is 11.1 Å². The topological polar surface area (TPSA) is 83.8 Å². The molecule has 0 aliphatic carbocycles. The van der Waals surface area contributed by atoms with Gasteiger partial charge in [-0.25, -0.2) is 9.36 Å². The predicted molar refractivity (Wildman–Crippen MR) is 93.8 cm³/mol. The second-order valence-corrected chi connectivity index (χ2v) is 7.87. The molecule has 132 valence electrons. The molecule has 6 heteroatoms. The molecule has 2 N–H and O–H groups in total. The van der Waals surface area contributed by atoms with Gasteiger partial charge in [0.25, 0.3) is 0 Å². The maximum atomic E-state index is 11.4. The fourth-order valence-corrected chi connectivity index (χ4v) is 2.77. The van der Waals surface area contributed by atoms with Crippen LogP contribution in [-0.4, -0.2) is 22.3 Å². The molecule has 23 heavy (non-hydrogen) atoms. The Hall–Kier alpha value is -1.32. The summed E-state index contributed by atoms with van der Waals surface area (Å²) >= 11 is 0. The summed E-state index contributed by atoms with van der Waals surface area (Å²) in [5, 5.41) is 8.34. The van der Waals surface area contributed by atoms with Crippen molar-refractivity contribution in [1.29, 1.82) is 0 Å². The quantitative estimate of drug-likeness (QED) is 0.394. The average Bonchev–Trinajstić information content (AvgIpc) is 2.36. The van der Waals surface area contributed by atoms with Crippen molar-refractivity contribution >= 4 is 13.8 Å². The third kappa shape index (κ3) is 14.0. The van der Waals surface area contributed by atoms with Gasteiger partial charge in [0, 0.05) is 0 Å². The van der Waals surface area contributed by atoms with Gasteiger partial charge in [-0.05, 0) is 59.8 Å². The van der Waals surface area contributed by atoms with Crippen molar-refractivity contribution in [3.8, 4) is 0 Å². The summed E-state index contributed by atoms with van der Waals surface area (Å²) in [6.45, 7) is 8.29.